The molecule has 0 radical (unpaired) electrons. The zero-order valence-electron chi connectivity index (χ0n) is 30.7. The van der Waals surface area contributed by atoms with E-state index >= 15 is 0 Å². The molecule has 262 valence electrons. The Morgan fingerprint density at radius 1 is 0.979 bits per heavy atom. The Kier molecular flexibility index (Phi) is 7.80. The van der Waals surface area contributed by atoms with Gasteiger partial charge in [-0.1, -0.05) is 65.0 Å². The number of carbonyl (C=O) groups is 1. The van der Waals surface area contributed by atoms with Crippen LogP contribution in [0.2, 0.25) is 0 Å². The highest BCUT2D eigenvalue weighted by Gasteiger charge is 2.70. The van der Waals surface area contributed by atoms with E-state index in [2.05, 4.69) is 64.4 Å². The van der Waals surface area contributed by atoms with Gasteiger partial charge in [-0.15, -0.1) is 0 Å². The fraction of sp³-hybridized carbons (Fsp3) is 0.744. The number of likely N-dealkylation sites (tertiary alicyclic amines) is 1. The molecule has 6 fully saturated rings. The number of nitrogens with zero attached hydrogens (tertiary/aromatic N) is 1. The summed E-state index contributed by atoms with van der Waals surface area (Å²) in [6, 6.07) is 8.31. The third-order valence-corrected chi connectivity index (χ3v) is 17.0. The lowest BCUT2D eigenvalue weighted by Crippen LogP contribution is -2.68. The second-order valence-electron chi connectivity index (χ2n) is 19.0. The maximum absolute atomic E-state index is 11.6. The molecule has 7 aliphatic rings. The zero-order chi connectivity index (χ0) is 33.9. The molecule has 5 nitrogen and oxygen atoms in total. The molecule has 2 saturated heterocycles. The Morgan fingerprint density at radius 3 is 2.42 bits per heavy atom. The Balaban J connectivity index is 1.07. The van der Waals surface area contributed by atoms with Crippen molar-refractivity contribution in [1.82, 2.24) is 10.2 Å². The minimum atomic E-state index is -0.853. The number of hydrogen-bond acceptors (Lipinski definition) is 4. The predicted molar refractivity (Wildman–Crippen MR) is 194 cm³/mol. The highest BCUT2D eigenvalue weighted by molar-refractivity contribution is 5.88. The van der Waals surface area contributed by atoms with Crippen LogP contribution < -0.4 is 5.32 Å². The van der Waals surface area contributed by atoms with Crippen molar-refractivity contribution in [3.63, 3.8) is 0 Å². The number of ether oxygens (including phenoxy) is 1. The average Bonchev–Trinajstić information content (AvgIpc) is 3.76. The van der Waals surface area contributed by atoms with Gasteiger partial charge in [0, 0.05) is 31.2 Å². The molecule has 5 aliphatic carbocycles. The van der Waals surface area contributed by atoms with Crippen molar-refractivity contribution < 1.29 is 14.6 Å². The van der Waals surface area contributed by atoms with Gasteiger partial charge in [0.2, 0.25) is 0 Å². The molecular weight excluding hydrogens is 592 g/mol. The fourth-order valence-electron chi connectivity index (χ4n) is 14.5. The van der Waals surface area contributed by atoms with E-state index in [1.54, 1.807) is 12.1 Å². The van der Waals surface area contributed by atoms with Crippen LogP contribution in [-0.4, -0.2) is 59.9 Å². The van der Waals surface area contributed by atoms with E-state index in [1.165, 1.54) is 74.5 Å². The van der Waals surface area contributed by atoms with Crippen molar-refractivity contribution in [1.29, 1.82) is 0 Å². The summed E-state index contributed by atoms with van der Waals surface area (Å²) in [6.45, 7) is 24.4. The molecule has 0 amide bonds. The predicted octanol–water partition coefficient (Wildman–Crippen LogP) is 8.85. The smallest absolute Gasteiger partial charge is 0.335 e. The van der Waals surface area contributed by atoms with Crippen LogP contribution in [0.5, 0.6) is 0 Å². The van der Waals surface area contributed by atoms with Gasteiger partial charge in [0.15, 0.2) is 0 Å². The van der Waals surface area contributed by atoms with Crippen LogP contribution in [0.25, 0.3) is 5.57 Å². The van der Waals surface area contributed by atoms with Gasteiger partial charge in [-0.05, 0) is 146 Å². The van der Waals surface area contributed by atoms with Gasteiger partial charge in [-0.3, -0.25) is 4.90 Å². The summed E-state index contributed by atoms with van der Waals surface area (Å²) < 4.78 is 5.91. The molecule has 48 heavy (non-hydrogen) atoms. The third kappa shape index (κ3) is 4.61. The van der Waals surface area contributed by atoms with E-state index in [4.69, 9.17) is 4.74 Å². The number of benzene rings is 1. The fourth-order valence-corrected chi connectivity index (χ4v) is 14.5. The number of fused-ring (bicyclic) bond motifs is 9. The number of carboxylic acid groups (broad SMARTS) is 1. The van der Waals surface area contributed by atoms with Crippen molar-refractivity contribution in [3.8, 4) is 0 Å². The highest BCUT2D eigenvalue weighted by atomic mass is 16.5. The molecule has 1 aromatic carbocycles. The summed E-state index contributed by atoms with van der Waals surface area (Å²) in [7, 11) is 0. The van der Waals surface area contributed by atoms with Gasteiger partial charge in [-0.2, -0.15) is 0 Å². The first-order valence-corrected chi connectivity index (χ1v) is 19.5. The topological polar surface area (TPSA) is 61.8 Å². The Bertz CT molecular complexity index is 1500. The molecule has 11 atom stereocenters. The number of allylic oxidation sites excluding steroid dienone is 3. The number of carboxylic acids is 1. The zero-order valence-corrected chi connectivity index (χ0v) is 30.7. The van der Waals surface area contributed by atoms with Gasteiger partial charge in [0.25, 0.3) is 0 Å². The second-order valence-corrected chi connectivity index (χ2v) is 19.0. The first-order valence-electron chi connectivity index (χ1n) is 19.5. The molecule has 2 bridgehead atoms. The maximum atomic E-state index is 11.6. The summed E-state index contributed by atoms with van der Waals surface area (Å²) in [4.78, 5) is 14.3. The second kappa shape index (κ2) is 11.3. The van der Waals surface area contributed by atoms with E-state index in [9.17, 15) is 9.90 Å². The van der Waals surface area contributed by atoms with E-state index in [-0.39, 0.29) is 16.4 Å². The van der Waals surface area contributed by atoms with Gasteiger partial charge in [0.05, 0.1) is 18.3 Å². The summed E-state index contributed by atoms with van der Waals surface area (Å²) in [5, 5.41) is 13.8. The van der Waals surface area contributed by atoms with Crippen molar-refractivity contribution in [2.24, 2.45) is 51.2 Å². The highest BCUT2D eigenvalue weighted by Crippen LogP contribution is 2.76. The Morgan fingerprint density at radius 2 is 1.75 bits per heavy atom. The third-order valence-electron chi connectivity index (χ3n) is 17.0. The number of nitrogens with one attached hydrogen (secondary N) is 1. The Hall–Kier alpha value is -1.95. The normalized spacial score (nSPS) is 45.9. The number of rotatable bonds is 7. The van der Waals surface area contributed by atoms with Crippen molar-refractivity contribution in [2.75, 3.05) is 26.2 Å². The monoisotopic (exact) mass is 654 g/mol. The summed E-state index contributed by atoms with van der Waals surface area (Å²) in [5.74, 6) is 2.56. The Labute approximate surface area is 290 Å². The molecule has 5 heteroatoms. The molecular formula is C43H62N2O3. The van der Waals surface area contributed by atoms with Crippen molar-refractivity contribution in [2.45, 2.75) is 123 Å². The molecule has 2 heterocycles. The summed E-state index contributed by atoms with van der Waals surface area (Å²) >= 11 is 0. The molecule has 0 spiro atoms. The van der Waals surface area contributed by atoms with Crippen LogP contribution in [0.15, 0.2) is 42.5 Å². The lowest BCUT2D eigenvalue weighted by atomic mass is 9.33. The first kappa shape index (κ1) is 33.2. The lowest BCUT2D eigenvalue weighted by molar-refractivity contribution is -0.219. The van der Waals surface area contributed by atoms with E-state index in [0.29, 0.717) is 46.3 Å². The van der Waals surface area contributed by atoms with Crippen molar-refractivity contribution >= 4 is 11.5 Å². The SMILES string of the molecule is C=C(C)C1CCC2(NCCN3CC4CC3CO4)CCC3(C)C(CCC4C5(C)CC=C(c6ccc(C(=O)O)cc6)C(C)(C)C5CCC43C)C12. The minimum Gasteiger partial charge on any atom is -0.478 e. The quantitative estimate of drug-likeness (QED) is 0.288. The summed E-state index contributed by atoms with van der Waals surface area (Å²) in [5.41, 5.74) is 5.64. The molecule has 2 aliphatic heterocycles. The first-order chi connectivity index (χ1) is 22.7. The van der Waals surface area contributed by atoms with Crippen LogP contribution in [0.3, 0.4) is 0 Å². The molecule has 11 unspecified atom stereocenters. The van der Waals surface area contributed by atoms with E-state index < -0.39 is 5.97 Å². The largest absolute Gasteiger partial charge is 0.478 e. The van der Waals surface area contributed by atoms with Gasteiger partial charge >= 0.3 is 5.97 Å². The standard InChI is InChI=1S/C43H62N2O3/c1-27(2)32-14-19-43(44-22-23-45-25-31-24-30(45)26-48-31)21-20-41(6)34(37(32)43)12-13-36-40(5)17-15-33(28-8-10-29(11-9-28)38(46)47)39(3,4)35(40)16-18-42(36,41)7/h8-11,15,30-32,34-37,44H,1,12-14,16-26H2,2-7H3,(H,46,47). The molecule has 1 aromatic rings. The van der Waals surface area contributed by atoms with Crippen LogP contribution in [0, 0.1) is 51.2 Å². The summed E-state index contributed by atoms with van der Waals surface area (Å²) in [6.07, 6.45) is 16.0. The maximum Gasteiger partial charge on any atom is 0.335 e. The van der Waals surface area contributed by atoms with E-state index in [0.717, 1.165) is 44.5 Å². The molecule has 8 rings (SSSR count). The lowest BCUT2D eigenvalue weighted by Gasteiger charge is -2.72. The number of aromatic carboxylic acids is 1. The molecule has 4 saturated carbocycles. The van der Waals surface area contributed by atoms with Crippen molar-refractivity contribution in [3.05, 3.63) is 53.6 Å². The van der Waals surface area contributed by atoms with Crippen LogP contribution in [0.1, 0.15) is 122 Å². The van der Waals surface area contributed by atoms with Gasteiger partial charge in [0.1, 0.15) is 0 Å². The number of morpholine rings is 1. The molecule has 2 N–H and O–H groups in total. The molecule has 0 aromatic heterocycles. The van der Waals surface area contributed by atoms with Crippen LogP contribution in [-0.2, 0) is 4.74 Å². The van der Waals surface area contributed by atoms with E-state index in [1.807, 2.05) is 12.1 Å². The van der Waals surface area contributed by atoms with Gasteiger partial charge < -0.3 is 15.2 Å². The van der Waals surface area contributed by atoms with Gasteiger partial charge in [-0.25, -0.2) is 4.79 Å². The minimum absolute atomic E-state index is 0.0416. The van der Waals surface area contributed by atoms with Crippen LogP contribution in [0.4, 0.5) is 0 Å². The average molecular weight is 655 g/mol. The van der Waals surface area contributed by atoms with Crippen LogP contribution >= 0.6 is 0 Å². The number of hydrogen-bond donors (Lipinski definition) is 2.